The standard InChI is InChI=1S/C20H14F3N3OS/c1-28-15-7-5-12(6-8-15)18-17-16(9-10-24-18)25-26-19(17)13-3-2-4-14(11-13)27-20(21,22)23/h2-11H,1H3,(H,25,26). The maximum atomic E-state index is 12.6. The number of alkyl halides is 3. The molecule has 28 heavy (non-hydrogen) atoms. The van der Waals surface area contributed by atoms with E-state index in [1.165, 1.54) is 18.2 Å². The van der Waals surface area contributed by atoms with E-state index in [2.05, 4.69) is 19.9 Å². The van der Waals surface area contributed by atoms with Crippen LogP contribution in [-0.4, -0.2) is 27.8 Å². The first-order valence-electron chi connectivity index (χ1n) is 8.28. The number of hydrogen-bond acceptors (Lipinski definition) is 4. The van der Waals surface area contributed by atoms with Crippen molar-refractivity contribution in [2.45, 2.75) is 11.3 Å². The topological polar surface area (TPSA) is 50.8 Å². The third-order valence-corrected chi connectivity index (χ3v) is 4.92. The molecular weight excluding hydrogens is 387 g/mol. The molecule has 4 rings (SSSR count). The molecule has 2 heterocycles. The lowest BCUT2D eigenvalue weighted by molar-refractivity contribution is -0.274. The van der Waals surface area contributed by atoms with Crippen LogP contribution in [0.4, 0.5) is 13.2 Å². The number of nitrogens with zero attached hydrogens (tertiary/aromatic N) is 2. The van der Waals surface area contributed by atoms with E-state index in [4.69, 9.17) is 0 Å². The zero-order chi connectivity index (χ0) is 19.7. The average Bonchev–Trinajstić information content (AvgIpc) is 3.11. The highest BCUT2D eigenvalue weighted by Gasteiger charge is 2.31. The summed E-state index contributed by atoms with van der Waals surface area (Å²) in [5, 5.41) is 7.99. The van der Waals surface area contributed by atoms with Crippen LogP contribution in [0.25, 0.3) is 33.4 Å². The zero-order valence-electron chi connectivity index (χ0n) is 14.6. The van der Waals surface area contributed by atoms with Gasteiger partial charge in [-0.2, -0.15) is 5.10 Å². The molecule has 2 aromatic heterocycles. The van der Waals surface area contributed by atoms with Gasteiger partial charge in [0.25, 0.3) is 0 Å². The van der Waals surface area contributed by atoms with Crippen LogP contribution in [0.2, 0.25) is 0 Å². The third kappa shape index (κ3) is 3.68. The maximum Gasteiger partial charge on any atom is 0.573 e. The first-order valence-corrected chi connectivity index (χ1v) is 9.51. The monoisotopic (exact) mass is 401 g/mol. The Morgan fingerprint density at radius 3 is 2.46 bits per heavy atom. The van der Waals surface area contributed by atoms with Crippen LogP contribution in [0.1, 0.15) is 0 Å². The van der Waals surface area contributed by atoms with Crippen molar-refractivity contribution in [1.82, 2.24) is 15.2 Å². The Kier molecular flexibility index (Phi) is 4.72. The van der Waals surface area contributed by atoms with Crippen molar-refractivity contribution in [1.29, 1.82) is 0 Å². The number of H-pyrrole nitrogens is 1. The molecule has 0 fully saturated rings. The summed E-state index contributed by atoms with van der Waals surface area (Å²) >= 11 is 1.64. The molecule has 8 heteroatoms. The summed E-state index contributed by atoms with van der Waals surface area (Å²) in [5.41, 5.74) is 3.36. The normalized spacial score (nSPS) is 11.7. The summed E-state index contributed by atoms with van der Waals surface area (Å²) in [7, 11) is 0. The van der Waals surface area contributed by atoms with E-state index >= 15 is 0 Å². The Bertz CT molecular complexity index is 1120. The van der Waals surface area contributed by atoms with Crippen LogP contribution < -0.4 is 4.74 Å². The molecule has 142 valence electrons. The summed E-state index contributed by atoms with van der Waals surface area (Å²) in [6.45, 7) is 0. The molecule has 2 aromatic carbocycles. The fourth-order valence-electron chi connectivity index (χ4n) is 2.98. The number of hydrogen-bond donors (Lipinski definition) is 1. The number of aromatic nitrogens is 3. The van der Waals surface area contributed by atoms with Gasteiger partial charge in [-0.1, -0.05) is 24.3 Å². The van der Waals surface area contributed by atoms with E-state index in [-0.39, 0.29) is 5.75 Å². The number of pyridine rings is 1. The summed E-state index contributed by atoms with van der Waals surface area (Å²) in [4.78, 5) is 5.62. The molecule has 0 bridgehead atoms. The number of nitrogens with one attached hydrogen (secondary N) is 1. The van der Waals surface area contributed by atoms with Crippen molar-refractivity contribution in [2.75, 3.05) is 6.26 Å². The van der Waals surface area contributed by atoms with Crippen molar-refractivity contribution in [3.63, 3.8) is 0 Å². The number of thioether (sulfide) groups is 1. The Morgan fingerprint density at radius 2 is 1.75 bits per heavy atom. The van der Waals surface area contributed by atoms with Crippen LogP contribution in [0, 0.1) is 0 Å². The molecule has 0 atom stereocenters. The van der Waals surface area contributed by atoms with E-state index < -0.39 is 6.36 Å². The highest BCUT2D eigenvalue weighted by atomic mass is 32.2. The number of benzene rings is 2. The molecule has 0 aliphatic carbocycles. The molecular formula is C20H14F3N3OS. The average molecular weight is 401 g/mol. The van der Waals surface area contributed by atoms with Gasteiger partial charge in [-0.25, -0.2) is 0 Å². The van der Waals surface area contributed by atoms with Gasteiger partial charge in [0, 0.05) is 22.2 Å². The van der Waals surface area contributed by atoms with E-state index in [1.807, 2.05) is 30.5 Å². The molecule has 1 N–H and O–H groups in total. The molecule has 0 radical (unpaired) electrons. The molecule has 0 aliphatic rings. The fraction of sp³-hybridized carbons (Fsp3) is 0.100. The summed E-state index contributed by atoms with van der Waals surface area (Å²) in [5.74, 6) is -0.295. The van der Waals surface area contributed by atoms with Gasteiger partial charge in [0.2, 0.25) is 0 Å². The smallest absolute Gasteiger partial charge is 0.406 e. The second-order valence-electron chi connectivity index (χ2n) is 5.96. The largest absolute Gasteiger partial charge is 0.573 e. The van der Waals surface area contributed by atoms with Gasteiger partial charge in [0.05, 0.1) is 16.6 Å². The van der Waals surface area contributed by atoms with Crippen LogP contribution in [-0.2, 0) is 0 Å². The molecule has 0 saturated heterocycles. The van der Waals surface area contributed by atoms with Gasteiger partial charge < -0.3 is 4.74 Å². The first-order chi connectivity index (χ1) is 13.4. The lowest BCUT2D eigenvalue weighted by Gasteiger charge is -2.10. The van der Waals surface area contributed by atoms with Gasteiger partial charge in [0.15, 0.2) is 0 Å². The second-order valence-corrected chi connectivity index (χ2v) is 6.84. The number of rotatable bonds is 4. The summed E-state index contributed by atoms with van der Waals surface area (Å²) < 4.78 is 41.7. The summed E-state index contributed by atoms with van der Waals surface area (Å²) in [6.07, 6.45) is -1.08. The van der Waals surface area contributed by atoms with E-state index in [1.54, 1.807) is 30.1 Å². The maximum absolute atomic E-state index is 12.6. The molecule has 0 spiro atoms. The SMILES string of the molecule is CSc1ccc(-c2nccc3[nH]nc(-c4cccc(OC(F)(F)F)c4)c23)cc1. The first kappa shape index (κ1) is 18.4. The van der Waals surface area contributed by atoms with E-state index in [0.717, 1.165) is 21.4 Å². The minimum atomic E-state index is -4.75. The predicted molar refractivity (Wildman–Crippen MR) is 103 cm³/mol. The van der Waals surface area contributed by atoms with Crippen molar-refractivity contribution >= 4 is 22.7 Å². The van der Waals surface area contributed by atoms with Gasteiger partial charge in [-0.05, 0) is 36.6 Å². The molecule has 0 saturated carbocycles. The molecule has 0 unspecified atom stereocenters. The fourth-order valence-corrected chi connectivity index (χ4v) is 3.39. The Hall–Kier alpha value is -3.00. The number of ether oxygens (including phenoxy) is 1. The van der Waals surface area contributed by atoms with Gasteiger partial charge in [-0.3, -0.25) is 10.1 Å². The van der Waals surface area contributed by atoms with Crippen molar-refractivity contribution in [3.8, 4) is 28.3 Å². The Balaban J connectivity index is 1.84. The van der Waals surface area contributed by atoms with Crippen molar-refractivity contribution in [2.24, 2.45) is 0 Å². The zero-order valence-corrected chi connectivity index (χ0v) is 15.4. The van der Waals surface area contributed by atoms with Gasteiger partial charge >= 0.3 is 6.36 Å². The lowest BCUT2D eigenvalue weighted by Crippen LogP contribution is -2.17. The quantitative estimate of drug-likeness (QED) is 0.432. The lowest BCUT2D eigenvalue weighted by atomic mass is 10.0. The predicted octanol–water partition coefficient (Wildman–Crippen LogP) is 5.91. The number of aromatic amines is 1. The molecule has 4 nitrogen and oxygen atoms in total. The van der Waals surface area contributed by atoms with E-state index in [0.29, 0.717) is 17.0 Å². The number of halogens is 3. The number of fused-ring (bicyclic) bond motifs is 1. The van der Waals surface area contributed by atoms with Crippen LogP contribution in [0.5, 0.6) is 5.75 Å². The Labute approximate surface area is 162 Å². The highest BCUT2D eigenvalue weighted by molar-refractivity contribution is 7.98. The van der Waals surface area contributed by atoms with Crippen molar-refractivity contribution in [3.05, 3.63) is 60.8 Å². The molecule has 0 aliphatic heterocycles. The minimum absolute atomic E-state index is 0.295. The molecule has 4 aromatic rings. The van der Waals surface area contributed by atoms with Crippen LogP contribution >= 0.6 is 11.8 Å². The van der Waals surface area contributed by atoms with Crippen molar-refractivity contribution < 1.29 is 17.9 Å². The minimum Gasteiger partial charge on any atom is -0.406 e. The second kappa shape index (κ2) is 7.20. The third-order valence-electron chi connectivity index (χ3n) is 4.18. The Morgan fingerprint density at radius 1 is 0.964 bits per heavy atom. The van der Waals surface area contributed by atoms with Crippen LogP contribution in [0.3, 0.4) is 0 Å². The van der Waals surface area contributed by atoms with Crippen LogP contribution in [0.15, 0.2) is 65.7 Å². The van der Waals surface area contributed by atoms with Gasteiger partial charge in [-0.15, -0.1) is 24.9 Å². The highest BCUT2D eigenvalue weighted by Crippen LogP contribution is 2.35. The molecule has 0 amide bonds. The summed E-state index contributed by atoms with van der Waals surface area (Å²) in [6, 6.07) is 15.5. The van der Waals surface area contributed by atoms with E-state index in [9.17, 15) is 13.2 Å². The van der Waals surface area contributed by atoms with Gasteiger partial charge in [0.1, 0.15) is 11.4 Å².